The first-order chi connectivity index (χ1) is 16.9. The Morgan fingerprint density at radius 2 is 1.74 bits per heavy atom. The molecule has 1 fully saturated rings. The van der Waals surface area contributed by atoms with Gasteiger partial charge in [-0.05, 0) is 74.2 Å². The molecule has 0 unspecified atom stereocenters. The van der Waals surface area contributed by atoms with Crippen molar-refractivity contribution in [3.8, 4) is 11.4 Å². The Balaban J connectivity index is 1.38. The third-order valence-corrected chi connectivity index (χ3v) is 6.20. The van der Waals surface area contributed by atoms with Crippen LogP contribution in [0.2, 0.25) is 0 Å². The van der Waals surface area contributed by atoms with E-state index in [0.717, 1.165) is 11.4 Å². The van der Waals surface area contributed by atoms with Gasteiger partial charge in [0.2, 0.25) is 0 Å². The molecule has 0 spiro atoms. The third kappa shape index (κ3) is 5.53. The van der Waals surface area contributed by atoms with Crippen molar-refractivity contribution >= 4 is 11.8 Å². The summed E-state index contributed by atoms with van der Waals surface area (Å²) in [7, 11) is 0. The highest BCUT2D eigenvalue weighted by atomic mass is 19.1. The van der Waals surface area contributed by atoms with Crippen LogP contribution in [0.1, 0.15) is 65.9 Å². The second kappa shape index (κ2) is 10.7. The normalized spacial score (nSPS) is 14.3. The Hall–Kier alpha value is -3.68. The molecule has 1 N–H and O–H groups in total. The molecule has 1 aliphatic heterocycles. The summed E-state index contributed by atoms with van der Waals surface area (Å²) in [5.74, 6) is 0.266. The van der Waals surface area contributed by atoms with Crippen LogP contribution >= 0.6 is 0 Å². The number of carbonyl (C=O) groups excluding carboxylic acids is 2. The van der Waals surface area contributed by atoms with Gasteiger partial charge in [-0.2, -0.15) is 5.10 Å². The number of hydrogen-bond donors (Lipinski definition) is 1. The maximum Gasteiger partial charge on any atom is 0.255 e. The summed E-state index contributed by atoms with van der Waals surface area (Å²) in [6, 6.07) is 13.2. The Kier molecular flexibility index (Phi) is 7.48. The van der Waals surface area contributed by atoms with Crippen LogP contribution in [0.15, 0.2) is 54.7 Å². The highest BCUT2D eigenvalue weighted by molar-refractivity contribution is 5.96. The van der Waals surface area contributed by atoms with Crippen molar-refractivity contribution in [3.05, 3.63) is 77.4 Å². The second-order valence-corrected chi connectivity index (χ2v) is 8.98. The lowest BCUT2D eigenvalue weighted by atomic mass is 10.0. The van der Waals surface area contributed by atoms with Crippen LogP contribution < -0.4 is 10.1 Å². The maximum atomic E-state index is 13.4. The van der Waals surface area contributed by atoms with E-state index in [2.05, 4.69) is 10.4 Å². The Morgan fingerprint density at radius 3 is 2.34 bits per heavy atom. The molecule has 0 saturated carbocycles. The number of aromatic nitrogens is 2. The molecule has 2 amide bonds. The van der Waals surface area contributed by atoms with Crippen LogP contribution in [-0.2, 0) is 0 Å². The molecule has 0 radical (unpaired) electrons. The molecule has 4 rings (SSSR count). The van der Waals surface area contributed by atoms with Gasteiger partial charge in [-0.3, -0.25) is 9.59 Å². The average molecular weight is 479 g/mol. The summed E-state index contributed by atoms with van der Waals surface area (Å²) in [5, 5.41) is 7.53. The first-order valence-corrected chi connectivity index (χ1v) is 12.0. The highest BCUT2D eigenvalue weighted by Crippen LogP contribution is 2.24. The van der Waals surface area contributed by atoms with Crippen LogP contribution in [-0.4, -0.2) is 52.2 Å². The first kappa shape index (κ1) is 24.4. The molecule has 2 heterocycles. The fraction of sp³-hybridized carbons (Fsp3) is 0.370. The van der Waals surface area contributed by atoms with E-state index in [9.17, 15) is 14.0 Å². The van der Waals surface area contributed by atoms with Crippen LogP contribution in [0.5, 0.6) is 5.75 Å². The number of carbonyl (C=O) groups is 2. The molecule has 1 aliphatic rings. The number of halogens is 1. The Morgan fingerprint density at radius 1 is 1.09 bits per heavy atom. The van der Waals surface area contributed by atoms with Gasteiger partial charge in [0, 0.05) is 24.7 Å². The van der Waals surface area contributed by atoms with Crippen LogP contribution in [0.25, 0.3) is 5.69 Å². The Labute approximate surface area is 204 Å². The number of nitrogens with zero attached hydrogens (tertiary/aromatic N) is 3. The molecule has 184 valence electrons. The lowest BCUT2D eigenvalue weighted by Crippen LogP contribution is -2.46. The molecule has 8 heteroatoms. The predicted molar refractivity (Wildman–Crippen MR) is 132 cm³/mol. The standard InChI is InChI=1S/C27H31FN4O3/c1-4-35-23-11-5-19(6-12-23)27(34)31-15-13-21(14-16-31)30-26(33)24-17-29-32(25(24)18(2)3)22-9-7-20(28)8-10-22/h5-12,17-18,21H,4,13-16H2,1-3H3,(H,30,33). The summed E-state index contributed by atoms with van der Waals surface area (Å²) in [4.78, 5) is 27.8. The molecular formula is C27H31FN4O3. The van der Waals surface area contributed by atoms with Crippen LogP contribution in [0.3, 0.4) is 0 Å². The van der Waals surface area contributed by atoms with Gasteiger partial charge in [-0.25, -0.2) is 9.07 Å². The number of ether oxygens (including phenoxy) is 1. The lowest BCUT2D eigenvalue weighted by molar-refractivity contribution is 0.0698. The number of benzene rings is 2. The van der Waals surface area contributed by atoms with Gasteiger partial charge in [0.15, 0.2) is 0 Å². The monoisotopic (exact) mass is 478 g/mol. The molecule has 0 aliphatic carbocycles. The summed E-state index contributed by atoms with van der Waals surface area (Å²) in [6.45, 7) is 7.64. The molecule has 0 atom stereocenters. The number of amides is 2. The van der Waals surface area contributed by atoms with Crippen molar-refractivity contribution in [2.75, 3.05) is 19.7 Å². The van der Waals surface area contributed by atoms with E-state index in [1.165, 1.54) is 12.1 Å². The largest absolute Gasteiger partial charge is 0.494 e. The van der Waals surface area contributed by atoms with Gasteiger partial charge in [0.25, 0.3) is 11.8 Å². The van der Waals surface area contributed by atoms with Crippen molar-refractivity contribution in [1.29, 1.82) is 0 Å². The fourth-order valence-electron chi connectivity index (χ4n) is 4.41. The smallest absolute Gasteiger partial charge is 0.255 e. The molecule has 1 saturated heterocycles. The van der Waals surface area contributed by atoms with E-state index in [4.69, 9.17) is 4.74 Å². The zero-order valence-electron chi connectivity index (χ0n) is 20.3. The summed E-state index contributed by atoms with van der Waals surface area (Å²) < 4.78 is 20.5. The number of likely N-dealkylation sites (tertiary alicyclic amines) is 1. The third-order valence-electron chi connectivity index (χ3n) is 6.20. The van der Waals surface area contributed by atoms with Gasteiger partial charge >= 0.3 is 0 Å². The van der Waals surface area contributed by atoms with E-state index in [0.29, 0.717) is 49.4 Å². The van der Waals surface area contributed by atoms with Gasteiger partial charge in [-0.15, -0.1) is 0 Å². The van der Waals surface area contributed by atoms with Crippen molar-refractivity contribution in [2.24, 2.45) is 0 Å². The van der Waals surface area contributed by atoms with Crippen molar-refractivity contribution < 1.29 is 18.7 Å². The summed E-state index contributed by atoms with van der Waals surface area (Å²) in [5.41, 5.74) is 2.62. The molecule has 2 aromatic carbocycles. The van der Waals surface area contributed by atoms with Crippen LogP contribution in [0.4, 0.5) is 4.39 Å². The molecule has 3 aromatic rings. The molecule has 35 heavy (non-hydrogen) atoms. The van der Waals surface area contributed by atoms with Gasteiger partial charge in [-0.1, -0.05) is 13.8 Å². The van der Waals surface area contributed by atoms with E-state index < -0.39 is 0 Å². The average Bonchev–Trinajstić information content (AvgIpc) is 3.31. The van der Waals surface area contributed by atoms with Crippen molar-refractivity contribution in [2.45, 2.75) is 45.6 Å². The van der Waals surface area contributed by atoms with Gasteiger partial charge in [0.1, 0.15) is 11.6 Å². The highest BCUT2D eigenvalue weighted by Gasteiger charge is 2.27. The number of hydrogen-bond acceptors (Lipinski definition) is 4. The van der Waals surface area contributed by atoms with E-state index >= 15 is 0 Å². The summed E-state index contributed by atoms with van der Waals surface area (Å²) >= 11 is 0. The minimum absolute atomic E-state index is 0.0134. The minimum atomic E-state index is -0.322. The topological polar surface area (TPSA) is 76.5 Å². The predicted octanol–water partition coefficient (Wildman–Crippen LogP) is 4.57. The molecule has 1 aromatic heterocycles. The van der Waals surface area contributed by atoms with Gasteiger partial charge < -0.3 is 15.0 Å². The zero-order valence-corrected chi connectivity index (χ0v) is 20.3. The van der Waals surface area contributed by atoms with Crippen molar-refractivity contribution in [3.63, 3.8) is 0 Å². The lowest BCUT2D eigenvalue weighted by Gasteiger charge is -2.32. The molecular weight excluding hydrogens is 447 g/mol. The Bertz CT molecular complexity index is 1160. The van der Waals surface area contributed by atoms with E-state index in [1.807, 2.05) is 37.8 Å². The summed E-state index contributed by atoms with van der Waals surface area (Å²) in [6.07, 6.45) is 2.92. The number of rotatable bonds is 7. The molecule has 7 nitrogen and oxygen atoms in total. The maximum absolute atomic E-state index is 13.4. The molecule has 0 bridgehead atoms. The fourth-order valence-corrected chi connectivity index (χ4v) is 4.41. The van der Waals surface area contributed by atoms with Crippen molar-refractivity contribution in [1.82, 2.24) is 20.0 Å². The van der Waals surface area contributed by atoms with E-state index in [1.54, 1.807) is 35.1 Å². The second-order valence-electron chi connectivity index (χ2n) is 8.98. The van der Waals surface area contributed by atoms with Gasteiger partial charge in [0.05, 0.1) is 29.7 Å². The zero-order chi connectivity index (χ0) is 24.9. The number of nitrogens with one attached hydrogen (secondary N) is 1. The SMILES string of the molecule is CCOc1ccc(C(=O)N2CCC(NC(=O)c3cnn(-c4ccc(F)cc4)c3C(C)C)CC2)cc1. The minimum Gasteiger partial charge on any atom is -0.494 e. The quantitative estimate of drug-likeness (QED) is 0.540. The number of piperidine rings is 1. The van der Waals surface area contributed by atoms with E-state index in [-0.39, 0.29) is 29.6 Å². The van der Waals surface area contributed by atoms with Crippen LogP contribution in [0, 0.1) is 5.82 Å². The first-order valence-electron chi connectivity index (χ1n) is 12.0.